The van der Waals surface area contributed by atoms with Crippen molar-refractivity contribution in [3.63, 3.8) is 0 Å². The van der Waals surface area contributed by atoms with E-state index in [-0.39, 0.29) is 35.6 Å². The average molecular weight is 484 g/mol. The molecule has 0 saturated carbocycles. The fourth-order valence-electron chi connectivity index (χ4n) is 4.24. The van der Waals surface area contributed by atoms with Crippen molar-refractivity contribution < 1.29 is 33.4 Å². The quantitative estimate of drug-likeness (QED) is 0.374. The Labute approximate surface area is 205 Å². The lowest BCUT2D eigenvalue weighted by atomic mass is 10.1. The van der Waals surface area contributed by atoms with Crippen LogP contribution < -0.4 is 4.74 Å². The lowest BCUT2D eigenvalue weighted by Gasteiger charge is -2.17. The van der Waals surface area contributed by atoms with E-state index in [4.69, 9.17) is 9.47 Å². The van der Waals surface area contributed by atoms with Crippen LogP contribution in [0.5, 0.6) is 5.75 Å². The fraction of sp³-hybridized carbons (Fsp3) is 0.148. The van der Waals surface area contributed by atoms with E-state index in [1.807, 2.05) is 0 Å². The highest BCUT2D eigenvalue weighted by atomic mass is 16.5. The molecule has 3 aromatic carbocycles. The summed E-state index contributed by atoms with van der Waals surface area (Å²) in [5.74, 6) is -2.52. The standard InChI is InChI=1S/C27H20N2O7/c1-2-35-22-12-11-16(14-28-23(30)17-7-3-4-8-18(17)24(28)31)13-21(22)27(34)36-15-29-25(32)19-9-5-6-10-20(19)26(29)33/h3-13H,2,14-15H2,1H3. The number of nitrogens with zero attached hydrogens (tertiary/aromatic N) is 2. The topological polar surface area (TPSA) is 110 Å². The van der Waals surface area contributed by atoms with Crippen LogP contribution >= 0.6 is 0 Å². The van der Waals surface area contributed by atoms with Crippen molar-refractivity contribution in [2.75, 3.05) is 13.3 Å². The molecule has 3 aromatic rings. The maximum Gasteiger partial charge on any atom is 0.343 e. The summed E-state index contributed by atoms with van der Waals surface area (Å²) in [4.78, 5) is 65.5. The Kier molecular flexibility index (Phi) is 5.81. The van der Waals surface area contributed by atoms with Gasteiger partial charge in [-0.3, -0.25) is 24.1 Å². The summed E-state index contributed by atoms with van der Waals surface area (Å²) in [6, 6.07) is 17.6. The van der Waals surface area contributed by atoms with E-state index < -0.39 is 36.3 Å². The summed E-state index contributed by atoms with van der Waals surface area (Å²) < 4.78 is 10.9. The van der Waals surface area contributed by atoms with Gasteiger partial charge in [0.1, 0.15) is 11.3 Å². The number of hydrogen-bond acceptors (Lipinski definition) is 7. The van der Waals surface area contributed by atoms with Crippen LogP contribution in [-0.4, -0.2) is 52.7 Å². The molecule has 0 aliphatic carbocycles. The molecule has 9 nitrogen and oxygen atoms in total. The molecule has 0 spiro atoms. The van der Waals surface area contributed by atoms with Gasteiger partial charge in [-0.15, -0.1) is 0 Å². The van der Waals surface area contributed by atoms with Gasteiger partial charge >= 0.3 is 5.97 Å². The Hall–Kier alpha value is -4.79. The number of carbonyl (C=O) groups is 5. The lowest BCUT2D eigenvalue weighted by Crippen LogP contribution is -2.33. The summed E-state index contributed by atoms with van der Waals surface area (Å²) in [5, 5.41) is 0. The van der Waals surface area contributed by atoms with E-state index in [2.05, 4.69) is 0 Å². The average Bonchev–Trinajstić information content (AvgIpc) is 3.28. The Morgan fingerprint density at radius 3 is 1.72 bits per heavy atom. The SMILES string of the molecule is CCOc1ccc(CN2C(=O)c3ccccc3C2=O)cc1C(=O)OCN1C(=O)c2ccccc2C1=O. The molecular formula is C27H20N2O7. The number of hydrogen-bond donors (Lipinski definition) is 0. The van der Waals surface area contributed by atoms with E-state index in [1.54, 1.807) is 55.5 Å². The molecule has 0 saturated heterocycles. The number of esters is 1. The van der Waals surface area contributed by atoms with E-state index >= 15 is 0 Å². The molecule has 0 aromatic heterocycles. The Bertz CT molecular complexity index is 1380. The van der Waals surface area contributed by atoms with Gasteiger partial charge in [0.05, 0.1) is 35.4 Å². The maximum atomic E-state index is 13.0. The Morgan fingerprint density at radius 1 is 0.722 bits per heavy atom. The number of fused-ring (bicyclic) bond motifs is 2. The molecule has 0 radical (unpaired) electrons. The molecule has 0 bridgehead atoms. The van der Waals surface area contributed by atoms with Gasteiger partial charge in [-0.1, -0.05) is 30.3 Å². The zero-order valence-electron chi connectivity index (χ0n) is 19.2. The summed E-state index contributed by atoms with van der Waals surface area (Å²) in [7, 11) is 0. The van der Waals surface area contributed by atoms with Crippen molar-refractivity contribution in [3.8, 4) is 5.75 Å². The van der Waals surface area contributed by atoms with Crippen LogP contribution in [-0.2, 0) is 11.3 Å². The van der Waals surface area contributed by atoms with E-state index in [9.17, 15) is 24.0 Å². The molecule has 2 aliphatic rings. The number of carbonyl (C=O) groups excluding carboxylic acids is 5. The third-order valence-corrected chi connectivity index (χ3v) is 5.99. The van der Waals surface area contributed by atoms with Crippen LogP contribution in [0.1, 0.15) is 64.3 Å². The molecule has 0 atom stereocenters. The molecule has 180 valence electrons. The van der Waals surface area contributed by atoms with Gasteiger partial charge in [0.25, 0.3) is 23.6 Å². The number of ether oxygens (including phenoxy) is 2. The minimum atomic E-state index is -0.820. The first-order chi connectivity index (χ1) is 17.4. The van der Waals surface area contributed by atoms with Crippen molar-refractivity contribution in [2.45, 2.75) is 13.5 Å². The molecule has 0 unspecified atom stereocenters. The summed E-state index contributed by atoms with van der Waals surface area (Å²) >= 11 is 0. The third kappa shape index (κ3) is 3.80. The smallest absolute Gasteiger partial charge is 0.343 e. The first-order valence-electron chi connectivity index (χ1n) is 11.2. The van der Waals surface area contributed by atoms with Crippen molar-refractivity contribution in [2.24, 2.45) is 0 Å². The van der Waals surface area contributed by atoms with Crippen LogP contribution in [0.2, 0.25) is 0 Å². The molecule has 9 heteroatoms. The Balaban J connectivity index is 1.34. The highest BCUT2D eigenvalue weighted by molar-refractivity contribution is 6.22. The second-order valence-electron chi connectivity index (χ2n) is 8.15. The minimum Gasteiger partial charge on any atom is -0.493 e. The first kappa shape index (κ1) is 23.0. The van der Waals surface area contributed by atoms with Crippen molar-refractivity contribution in [1.82, 2.24) is 9.80 Å². The van der Waals surface area contributed by atoms with Gasteiger partial charge in [0.2, 0.25) is 0 Å². The monoisotopic (exact) mass is 484 g/mol. The second kappa shape index (κ2) is 9.10. The number of amides is 4. The molecule has 2 heterocycles. The highest BCUT2D eigenvalue weighted by Crippen LogP contribution is 2.28. The lowest BCUT2D eigenvalue weighted by molar-refractivity contribution is 0.0225. The van der Waals surface area contributed by atoms with Gasteiger partial charge in [-0.2, -0.15) is 0 Å². The van der Waals surface area contributed by atoms with Crippen LogP contribution in [0.4, 0.5) is 0 Å². The first-order valence-corrected chi connectivity index (χ1v) is 11.2. The number of imide groups is 2. The van der Waals surface area contributed by atoms with Crippen LogP contribution in [0, 0.1) is 0 Å². The molecular weight excluding hydrogens is 464 g/mol. The van der Waals surface area contributed by atoms with E-state index in [1.165, 1.54) is 18.2 Å². The predicted octanol–water partition coefficient (Wildman–Crippen LogP) is 3.29. The molecule has 2 aliphatic heterocycles. The maximum absolute atomic E-state index is 13.0. The van der Waals surface area contributed by atoms with Crippen LogP contribution in [0.15, 0.2) is 66.7 Å². The van der Waals surface area contributed by atoms with Crippen LogP contribution in [0.3, 0.4) is 0 Å². The molecule has 0 N–H and O–H groups in total. The molecule has 4 amide bonds. The van der Waals surface area contributed by atoms with E-state index in [0.29, 0.717) is 16.7 Å². The van der Waals surface area contributed by atoms with E-state index in [0.717, 1.165) is 9.80 Å². The van der Waals surface area contributed by atoms with Crippen molar-refractivity contribution >= 4 is 29.6 Å². The summed E-state index contributed by atoms with van der Waals surface area (Å²) in [5.41, 5.74) is 1.69. The van der Waals surface area contributed by atoms with Gasteiger partial charge in [0, 0.05) is 0 Å². The number of benzene rings is 3. The summed E-state index contributed by atoms with van der Waals surface area (Å²) in [6.07, 6.45) is 0. The van der Waals surface area contributed by atoms with Crippen molar-refractivity contribution in [3.05, 3.63) is 100 Å². The summed E-state index contributed by atoms with van der Waals surface area (Å²) in [6.45, 7) is 1.40. The van der Waals surface area contributed by atoms with Gasteiger partial charge in [0.15, 0.2) is 6.73 Å². The predicted molar refractivity (Wildman–Crippen MR) is 125 cm³/mol. The van der Waals surface area contributed by atoms with Gasteiger partial charge in [-0.25, -0.2) is 9.69 Å². The van der Waals surface area contributed by atoms with Crippen molar-refractivity contribution in [1.29, 1.82) is 0 Å². The Morgan fingerprint density at radius 2 is 1.22 bits per heavy atom. The molecule has 0 fully saturated rings. The van der Waals surface area contributed by atoms with Gasteiger partial charge < -0.3 is 9.47 Å². The normalized spacial score (nSPS) is 14.2. The molecule has 5 rings (SSSR count). The molecule has 36 heavy (non-hydrogen) atoms. The number of rotatable bonds is 7. The van der Waals surface area contributed by atoms with Crippen LogP contribution in [0.25, 0.3) is 0 Å². The second-order valence-corrected chi connectivity index (χ2v) is 8.15. The largest absolute Gasteiger partial charge is 0.493 e. The van der Waals surface area contributed by atoms with Gasteiger partial charge in [-0.05, 0) is 48.9 Å². The zero-order chi connectivity index (χ0) is 25.4. The highest BCUT2D eigenvalue weighted by Gasteiger charge is 2.37. The third-order valence-electron chi connectivity index (χ3n) is 5.99. The fourth-order valence-corrected chi connectivity index (χ4v) is 4.24. The minimum absolute atomic E-state index is 0.0440. The zero-order valence-corrected chi connectivity index (χ0v) is 19.2.